The molecule has 2 rings (SSSR count). The Balaban J connectivity index is 2.46. The molecule has 0 fully saturated rings. The standard InChI is InChI=1S/C27H39N3O7S/c1-8-23(27(32)28-16-19(2)3)29(17-20-9-12-22(35-4)13-10-20)26(31)18-30(38(7,33)34)21-11-14-24(36-5)25(15-21)37-6/h9-15,19,23H,8,16-18H2,1-7H3,(H,28,32)/t23-/m0/s1. The Bertz CT molecular complexity index is 1180. The fourth-order valence-electron chi connectivity index (χ4n) is 3.86. The Morgan fingerprint density at radius 2 is 1.58 bits per heavy atom. The highest BCUT2D eigenvalue weighted by Crippen LogP contribution is 2.32. The summed E-state index contributed by atoms with van der Waals surface area (Å²) in [5.74, 6) is 0.816. The number of benzene rings is 2. The molecule has 2 aromatic carbocycles. The highest BCUT2D eigenvalue weighted by molar-refractivity contribution is 7.92. The number of hydrogen-bond donors (Lipinski definition) is 1. The van der Waals surface area contributed by atoms with E-state index in [1.165, 1.54) is 31.3 Å². The van der Waals surface area contributed by atoms with E-state index >= 15 is 0 Å². The third-order valence-corrected chi connectivity index (χ3v) is 7.06. The summed E-state index contributed by atoms with van der Waals surface area (Å²) in [6.45, 7) is 5.85. The Kier molecular flexibility index (Phi) is 11.2. The van der Waals surface area contributed by atoms with Crippen LogP contribution in [-0.2, 0) is 26.2 Å². The second-order valence-corrected chi connectivity index (χ2v) is 11.1. The summed E-state index contributed by atoms with van der Waals surface area (Å²) in [5, 5.41) is 2.90. The minimum absolute atomic E-state index is 0.111. The predicted octanol–water partition coefficient (Wildman–Crippen LogP) is 3.06. The molecule has 0 saturated carbocycles. The number of carbonyl (C=O) groups is 2. The highest BCUT2D eigenvalue weighted by Gasteiger charge is 2.32. The van der Waals surface area contributed by atoms with Crippen molar-refractivity contribution in [3.8, 4) is 17.2 Å². The highest BCUT2D eigenvalue weighted by atomic mass is 32.2. The molecule has 0 aliphatic heterocycles. The van der Waals surface area contributed by atoms with Crippen molar-refractivity contribution in [2.24, 2.45) is 5.92 Å². The predicted molar refractivity (Wildman–Crippen MR) is 147 cm³/mol. The number of hydrogen-bond acceptors (Lipinski definition) is 7. The van der Waals surface area contributed by atoms with Crippen LogP contribution in [0.4, 0.5) is 5.69 Å². The lowest BCUT2D eigenvalue weighted by Crippen LogP contribution is -2.52. The number of sulfonamides is 1. The molecule has 0 saturated heterocycles. The summed E-state index contributed by atoms with van der Waals surface area (Å²) in [7, 11) is 0.600. The van der Waals surface area contributed by atoms with E-state index in [-0.39, 0.29) is 24.1 Å². The minimum Gasteiger partial charge on any atom is -0.497 e. The summed E-state index contributed by atoms with van der Waals surface area (Å²) in [6.07, 6.45) is 1.37. The Hall–Kier alpha value is -3.47. The van der Waals surface area contributed by atoms with Gasteiger partial charge in [0, 0.05) is 19.2 Å². The minimum atomic E-state index is -3.87. The number of amides is 2. The van der Waals surface area contributed by atoms with Crippen LogP contribution in [0.2, 0.25) is 0 Å². The first-order chi connectivity index (χ1) is 17.9. The Morgan fingerprint density at radius 1 is 0.947 bits per heavy atom. The largest absolute Gasteiger partial charge is 0.497 e. The van der Waals surface area contributed by atoms with Gasteiger partial charge >= 0.3 is 0 Å². The number of methoxy groups -OCH3 is 3. The molecule has 38 heavy (non-hydrogen) atoms. The first kappa shape index (κ1) is 30.8. The Morgan fingerprint density at radius 3 is 2.08 bits per heavy atom. The Labute approximate surface area is 225 Å². The maximum Gasteiger partial charge on any atom is 0.244 e. The molecule has 0 heterocycles. The topological polar surface area (TPSA) is 114 Å². The van der Waals surface area contributed by atoms with Crippen molar-refractivity contribution < 1.29 is 32.2 Å². The van der Waals surface area contributed by atoms with Gasteiger partial charge < -0.3 is 24.4 Å². The maximum absolute atomic E-state index is 13.8. The van der Waals surface area contributed by atoms with Crippen molar-refractivity contribution in [2.45, 2.75) is 39.8 Å². The van der Waals surface area contributed by atoms with Crippen LogP contribution < -0.4 is 23.8 Å². The van der Waals surface area contributed by atoms with Gasteiger partial charge in [-0.25, -0.2) is 8.42 Å². The number of carbonyl (C=O) groups excluding carboxylic acids is 2. The van der Waals surface area contributed by atoms with E-state index in [9.17, 15) is 18.0 Å². The number of ether oxygens (including phenoxy) is 3. The molecule has 0 aliphatic carbocycles. The zero-order valence-electron chi connectivity index (χ0n) is 23.2. The van der Waals surface area contributed by atoms with E-state index < -0.39 is 28.5 Å². The van der Waals surface area contributed by atoms with Gasteiger partial charge in [0.2, 0.25) is 21.8 Å². The van der Waals surface area contributed by atoms with Crippen LogP contribution in [0.3, 0.4) is 0 Å². The average Bonchev–Trinajstić information content (AvgIpc) is 2.89. The van der Waals surface area contributed by atoms with Crippen molar-refractivity contribution >= 4 is 27.5 Å². The zero-order valence-corrected chi connectivity index (χ0v) is 24.0. The fraction of sp³-hybridized carbons (Fsp3) is 0.481. The van der Waals surface area contributed by atoms with Crippen LogP contribution in [0.25, 0.3) is 0 Å². The van der Waals surface area contributed by atoms with Gasteiger partial charge in [-0.05, 0) is 42.2 Å². The van der Waals surface area contributed by atoms with Gasteiger partial charge in [0.1, 0.15) is 18.3 Å². The lowest BCUT2D eigenvalue weighted by molar-refractivity contribution is -0.140. The van der Waals surface area contributed by atoms with Crippen LogP contribution in [0, 0.1) is 5.92 Å². The number of rotatable bonds is 14. The van der Waals surface area contributed by atoms with Gasteiger partial charge in [-0.15, -0.1) is 0 Å². The molecule has 0 bridgehead atoms. The molecule has 2 amide bonds. The molecule has 0 unspecified atom stereocenters. The van der Waals surface area contributed by atoms with Gasteiger partial charge in [-0.1, -0.05) is 32.9 Å². The SMILES string of the molecule is CC[C@@H](C(=O)NCC(C)C)N(Cc1ccc(OC)cc1)C(=O)CN(c1ccc(OC)c(OC)c1)S(C)(=O)=O. The van der Waals surface area contributed by atoms with Gasteiger partial charge in [0.15, 0.2) is 11.5 Å². The number of nitrogens with one attached hydrogen (secondary N) is 1. The molecule has 1 N–H and O–H groups in total. The lowest BCUT2D eigenvalue weighted by atomic mass is 10.1. The van der Waals surface area contributed by atoms with Gasteiger partial charge in [0.25, 0.3) is 0 Å². The number of anilines is 1. The molecular formula is C27H39N3O7S. The molecular weight excluding hydrogens is 510 g/mol. The molecule has 1 atom stereocenters. The zero-order chi connectivity index (χ0) is 28.5. The molecule has 0 aliphatic rings. The monoisotopic (exact) mass is 549 g/mol. The van der Waals surface area contributed by atoms with Gasteiger partial charge in [-0.2, -0.15) is 0 Å². The van der Waals surface area contributed by atoms with Crippen molar-refractivity contribution in [1.29, 1.82) is 0 Å². The van der Waals surface area contributed by atoms with Crippen LogP contribution >= 0.6 is 0 Å². The molecule has 0 spiro atoms. The lowest BCUT2D eigenvalue weighted by Gasteiger charge is -2.33. The van der Waals surface area contributed by atoms with Crippen molar-refractivity contribution in [3.63, 3.8) is 0 Å². The molecule has 0 aromatic heterocycles. The second kappa shape index (κ2) is 13.9. The van der Waals surface area contributed by atoms with E-state index in [4.69, 9.17) is 14.2 Å². The van der Waals surface area contributed by atoms with Crippen molar-refractivity contribution in [3.05, 3.63) is 48.0 Å². The van der Waals surface area contributed by atoms with Crippen LogP contribution in [0.5, 0.6) is 17.2 Å². The third-order valence-electron chi connectivity index (χ3n) is 5.92. The summed E-state index contributed by atoms with van der Waals surface area (Å²) >= 11 is 0. The first-order valence-electron chi connectivity index (χ1n) is 12.3. The summed E-state index contributed by atoms with van der Waals surface area (Å²) in [4.78, 5) is 28.3. The van der Waals surface area contributed by atoms with E-state index in [1.54, 1.807) is 37.4 Å². The summed E-state index contributed by atoms with van der Waals surface area (Å²) in [6, 6.07) is 11.0. The molecule has 11 heteroatoms. The van der Waals surface area contributed by atoms with E-state index in [0.29, 0.717) is 30.2 Å². The van der Waals surface area contributed by atoms with Crippen LogP contribution in [-0.4, -0.2) is 71.8 Å². The van der Waals surface area contributed by atoms with Crippen molar-refractivity contribution in [2.75, 3.05) is 45.0 Å². The normalized spacial score (nSPS) is 12.0. The fourth-order valence-corrected chi connectivity index (χ4v) is 4.70. The molecule has 0 radical (unpaired) electrons. The van der Waals surface area contributed by atoms with Gasteiger partial charge in [0.05, 0.1) is 33.3 Å². The van der Waals surface area contributed by atoms with Crippen LogP contribution in [0.1, 0.15) is 32.8 Å². The molecule has 210 valence electrons. The summed E-state index contributed by atoms with van der Waals surface area (Å²) in [5.41, 5.74) is 1.01. The smallest absolute Gasteiger partial charge is 0.244 e. The number of nitrogens with zero attached hydrogens (tertiary/aromatic N) is 2. The maximum atomic E-state index is 13.8. The van der Waals surface area contributed by atoms with E-state index in [2.05, 4.69) is 5.32 Å². The van der Waals surface area contributed by atoms with Crippen LogP contribution in [0.15, 0.2) is 42.5 Å². The second-order valence-electron chi connectivity index (χ2n) is 9.24. The van der Waals surface area contributed by atoms with Gasteiger partial charge in [-0.3, -0.25) is 13.9 Å². The molecule has 10 nitrogen and oxygen atoms in total. The van der Waals surface area contributed by atoms with E-state index in [0.717, 1.165) is 16.1 Å². The first-order valence-corrected chi connectivity index (χ1v) is 14.2. The average molecular weight is 550 g/mol. The quantitative estimate of drug-likeness (QED) is 0.385. The third kappa shape index (κ3) is 8.27. The summed E-state index contributed by atoms with van der Waals surface area (Å²) < 4.78 is 42.4. The molecule has 2 aromatic rings. The van der Waals surface area contributed by atoms with Crippen molar-refractivity contribution in [1.82, 2.24) is 10.2 Å². The van der Waals surface area contributed by atoms with E-state index in [1.807, 2.05) is 20.8 Å².